The maximum atomic E-state index is 12.4. The normalized spacial score (nSPS) is 19.0. The molecule has 1 aliphatic rings. The molecule has 2 atom stereocenters. The zero-order valence-corrected chi connectivity index (χ0v) is 15.5. The Hall–Kier alpha value is -3.41. The lowest BCUT2D eigenvalue weighted by molar-refractivity contribution is -0.274. The molecule has 0 radical (unpaired) electrons. The zero-order chi connectivity index (χ0) is 21.1. The highest BCUT2D eigenvalue weighted by molar-refractivity contribution is 5.90. The summed E-state index contributed by atoms with van der Waals surface area (Å²) in [4.78, 5) is 16.4. The van der Waals surface area contributed by atoms with Crippen molar-refractivity contribution < 1.29 is 27.1 Å². The van der Waals surface area contributed by atoms with E-state index in [2.05, 4.69) is 30.7 Å². The van der Waals surface area contributed by atoms with Gasteiger partial charge in [0.15, 0.2) is 5.76 Å². The number of halogens is 3. The van der Waals surface area contributed by atoms with E-state index in [1.165, 1.54) is 24.4 Å². The predicted octanol–water partition coefficient (Wildman–Crippen LogP) is 1.99. The van der Waals surface area contributed by atoms with Crippen molar-refractivity contribution in [2.45, 2.75) is 31.4 Å². The molecule has 158 valence electrons. The molecule has 2 aromatic heterocycles. The molecule has 9 nitrogen and oxygen atoms in total. The number of nitrogens with zero attached hydrogens (tertiary/aromatic N) is 4. The van der Waals surface area contributed by atoms with E-state index in [0.717, 1.165) is 6.07 Å². The first kappa shape index (κ1) is 19.9. The number of carbonyl (C=O) groups is 1. The number of amides is 1. The van der Waals surface area contributed by atoms with Gasteiger partial charge in [-0.2, -0.15) is 0 Å². The van der Waals surface area contributed by atoms with Crippen molar-refractivity contribution in [1.82, 2.24) is 30.6 Å². The maximum Gasteiger partial charge on any atom is 0.573 e. The molecule has 3 aromatic rings. The summed E-state index contributed by atoms with van der Waals surface area (Å²) in [5, 5.41) is 13.8. The molecular formula is C18H17F3N6O3. The van der Waals surface area contributed by atoms with E-state index in [1.807, 2.05) is 0 Å². The molecule has 0 unspecified atom stereocenters. The van der Waals surface area contributed by atoms with Crippen molar-refractivity contribution in [3.63, 3.8) is 0 Å². The first-order valence-electron chi connectivity index (χ1n) is 9.06. The van der Waals surface area contributed by atoms with Gasteiger partial charge in [-0.25, -0.2) is 4.98 Å². The molecule has 2 N–H and O–H groups in total. The quantitative estimate of drug-likeness (QED) is 0.626. The van der Waals surface area contributed by atoms with Gasteiger partial charge in [-0.1, -0.05) is 17.3 Å². The topological polar surface area (TPSA) is 107 Å². The number of rotatable bonds is 6. The Labute approximate surface area is 168 Å². The minimum absolute atomic E-state index is 0.120. The number of nitrogens with one attached hydrogen (secondary N) is 2. The van der Waals surface area contributed by atoms with Crippen LogP contribution in [0.15, 0.2) is 47.3 Å². The fourth-order valence-electron chi connectivity index (χ4n) is 3.23. The summed E-state index contributed by atoms with van der Waals surface area (Å²) < 4.78 is 48.2. The first-order valence-corrected chi connectivity index (χ1v) is 9.06. The fraction of sp³-hybridized carbons (Fsp3) is 0.333. The summed E-state index contributed by atoms with van der Waals surface area (Å²) in [6.45, 7) is 1.21. The summed E-state index contributed by atoms with van der Waals surface area (Å²) in [5.41, 5.74) is 0.304. The number of hydrogen-bond donors (Lipinski definition) is 2. The van der Waals surface area contributed by atoms with E-state index < -0.39 is 18.0 Å². The minimum atomic E-state index is -4.80. The average molecular weight is 422 g/mol. The highest BCUT2D eigenvalue weighted by atomic mass is 19.4. The minimum Gasteiger partial charge on any atom is -0.432 e. The van der Waals surface area contributed by atoms with Crippen molar-refractivity contribution in [3.05, 3.63) is 48.7 Å². The molecule has 1 amide bonds. The van der Waals surface area contributed by atoms with Crippen molar-refractivity contribution in [3.8, 4) is 17.1 Å². The third kappa shape index (κ3) is 4.95. The SMILES string of the molecule is O=C(N[C@H]1CN[C@H](Cn2ccnn2)C1)c1ncc(-c2cccc(OC(F)(F)F)c2)o1. The molecule has 1 saturated heterocycles. The average Bonchev–Trinajstić information content (AvgIpc) is 3.43. The number of carbonyl (C=O) groups excluding carboxylic acids is 1. The second-order valence-electron chi connectivity index (χ2n) is 6.74. The van der Waals surface area contributed by atoms with Crippen LogP contribution >= 0.6 is 0 Å². The Balaban J connectivity index is 1.36. The molecular weight excluding hydrogens is 405 g/mol. The van der Waals surface area contributed by atoms with Gasteiger partial charge in [0.05, 0.1) is 18.9 Å². The second kappa shape index (κ2) is 8.14. The fourth-order valence-corrected chi connectivity index (χ4v) is 3.23. The van der Waals surface area contributed by atoms with Gasteiger partial charge in [-0.15, -0.1) is 18.3 Å². The van der Waals surface area contributed by atoms with Gasteiger partial charge in [-0.05, 0) is 18.6 Å². The Kier molecular flexibility index (Phi) is 5.40. The van der Waals surface area contributed by atoms with E-state index in [9.17, 15) is 18.0 Å². The predicted molar refractivity (Wildman–Crippen MR) is 96.3 cm³/mol. The molecule has 1 aliphatic heterocycles. The summed E-state index contributed by atoms with van der Waals surface area (Å²) in [5.74, 6) is -0.914. The Morgan fingerprint density at radius 3 is 3.03 bits per heavy atom. The first-order chi connectivity index (χ1) is 14.4. The van der Waals surface area contributed by atoms with Crippen LogP contribution in [-0.2, 0) is 6.54 Å². The molecule has 30 heavy (non-hydrogen) atoms. The standard InChI is InChI=1S/C18H17F3N6O3/c19-18(20,21)30-14-3-1-2-11(6-14)15-9-23-17(29-15)16(28)25-12-7-13(22-8-12)10-27-5-4-24-26-27/h1-6,9,12-13,22H,7-8,10H2,(H,25,28)/t12-,13+/m1/s1. The second-order valence-corrected chi connectivity index (χ2v) is 6.74. The van der Waals surface area contributed by atoms with E-state index in [4.69, 9.17) is 4.42 Å². The Bertz CT molecular complexity index is 1000. The maximum absolute atomic E-state index is 12.4. The lowest BCUT2D eigenvalue weighted by Crippen LogP contribution is -2.36. The van der Waals surface area contributed by atoms with Crippen molar-refractivity contribution in [1.29, 1.82) is 0 Å². The smallest absolute Gasteiger partial charge is 0.432 e. The largest absolute Gasteiger partial charge is 0.573 e. The van der Waals surface area contributed by atoms with Gasteiger partial charge in [0.2, 0.25) is 0 Å². The van der Waals surface area contributed by atoms with Gasteiger partial charge in [-0.3, -0.25) is 9.48 Å². The summed E-state index contributed by atoms with van der Waals surface area (Å²) >= 11 is 0. The lowest BCUT2D eigenvalue weighted by Gasteiger charge is -2.11. The number of oxazole rings is 1. The highest BCUT2D eigenvalue weighted by Crippen LogP contribution is 2.28. The van der Waals surface area contributed by atoms with Crippen LogP contribution in [0, 0.1) is 0 Å². The number of alkyl halides is 3. The highest BCUT2D eigenvalue weighted by Gasteiger charge is 2.31. The third-order valence-electron chi connectivity index (χ3n) is 4.49. The lowest BCUT2D eigenvalue weighted by atomic mass is 10.1. The molecule has 1 aromatic carbocycles. The molecule has 12 heteroatoms. The van der Waals surface area contributed by atoms with Crippen LogP contribution < -0.4 is 15.4 Å². The van der Waals surface area contributed by atoms with Gasteiger partial charge in [0, 0.05) is 30.4 Å². The number of benzene rings is 1. The van der Waals surface area contributed by atoms with Crippen LogP contribution in [0.5, 0.6) is 5.75 Å². The van der Waals surface area contributed by atoms with E-state index in [-0.39, 0.29) is 23.7 Å². The van der Waals surface area contributed by atoms with Crippen LogP contribution in [0.1, 0.15) is 17.1 Å². The van der Waals surface area contributed by atoms with Gasteiger partial charge >= 0.3 is 12.3 Å². The monoisotopic (exact) mass is 422 g/mol. The summed E-state index contributed by atoms with van der Waals surface area (Å²) in [7, 11) is 0. The number of aromatic nitrogens is 4. The van der Waals surface area contributed by atoms with E-state index >= 15 is 0 Å². The molecule has 4 rings (SSSR count). The molecule has 0 spiro atoms. The van der Waals surface area contributed by atoms with Crippen molar-refractivity contribution in [2.75, 3.05) is 6.54 Å². The van der Waals surface area contributed by atoms with Crippen LogP contribution in [0.4, 0.5) is 13.2 Å². The Morgan fingerprint density at radius 1 is 1.40 bits per heavy atom. The third-order valence-corrected chi connectivity index (χ3v) is 4.49. The van der Waals surface area contributed by atoms with Crippen molar-refractivity contribution >= 4 is 5.91 Å². The van der Waals surface area contributed by atoms with Crippen LogP contribution in [0.3, 0.4) is 0 Å². The summed E-state index contributed by atoms with van der Waals surface area (Å²) in [6, 6.07) is 5.26. The molecule has 0 bridgehead atoms. The van der Waals surface area contributed by atoms with E-state index in [1.54, 1.807) is 17.1 Å². The summed E-state index contributed by atoms with van der Waals surface area (Å²) in [6.07, 6.45) is 0.528. The zero-order valence-electron chi connectivity index (χ0n) is 15.5. The number of hydrogen-bond acceptors (Lipinski definition) is 7. The molecule has 0 aliphatic carbocycles. The van der Waals surface area contributed by atoms with Crippen LogP contribution in [0.25, 0.3) is 11.3 Å². The van der Waals surface area contributed by atoms with Crippen LogP contribution in [-0.4, -0.2) is 50.9 Å². The molecule has 0 saturated carbocycles. The van der Waals surface area contributed by atoms with Gasteiger partial charge < -0.3 is 19.8 Å². The van der Waals surface area contributed by atoms with Crippen LogP contribution in [0.2, 0.25) is 0 Å². The van der Waals surface area contributed by atoms with Gasteiger partial charge in [0.25, 0.3) is 5.89 Å². The van der Waals surface area contributed by atoms with Crippen molar-refractivity contribution in [2.24, 2.45) is 0 Å². The molecule has 3 heterocycles. The van der Waals surface area contributed by atoms with E-state index in [0.29, 0.717) is 25.1 Å². The molecule has 1 fully saturated rings. The Morgan fingerprint density at radius 2 is 2.27 bits per heavy atom. The number of ether oxygens (including phenoxy) is 1. The van der Waals surface area contributed by atoms with Gasteiger partial charge in [0.1, 0.15) is 5.75 Å².